The van der Waals surface area contributed by atoms with Gasteiger partial charge in [0.25, 0.3) is 11.1 Å². The summed E-state index contributed by atoms with van der Waals surface area (Å²) < 4.78 is 0. The van der Waals surface area contributed by atoms with Crippen LogP contribution in [0.25, 0.3) is 16.8 Å². The first-order chi connectivity index (χ1) is 16.5. The summed E-state index contributed by atoms with van der Waals surface area (Å²) in [6, 6.07) is 17.2. The van der Waals surface area contributed by atoms with E-state index in [0.29, 0.717) is 22.6 Å². The van der Waals surface area contributed by atoms with E-state index in [9.17, 15) is 9.59 Å². The molecule has 2 amide bonds. The van der Waals surface area contributed by atoms with E-state index in [1.165, 1.54) is 16.3 Å². The standard InChI is InChI=1S/C26H27N5O2S/c1-26(31-24-27-14-11-20(29-24)15-22-23(32)30-25(33)34-22)12-9-19(10-13-26)28-16-18-7-4-6-17-5-2-3-8-21(17)18/h2-8,11,14-15,19,28H,9-10,12-13,16H2,1H3,(H,27,29,31)(H,30,32,33)/b22-15-. The molecule has 0 unspecified atom stereocenters. The van der Waals surface area contributed by atoms with E-state index in [4.69, 9.17) is 0 Å². The van der Waals surface area contributed by atoms with Crippen molar-refractivity contribution in [3.8, 4) is 0 Å². The van der Waals surface area contributed by atoms with Crippen LogP contribution in [0.15, 0.2) is 59.6 Å². The van der Waals surface area contributed by atoms with Crippen molar-refractivity contribution in [2.75, 3.05) is 5.32 Å². The van der Waals surface area contributed by atoms with E-state index in [1.54, 1.807) is 18.3 Å². The minimum atomic E-state index is -0.385. The molecule has 2 fully saturated rings. The summed E-state index contributed by atoms with van der Waals surface area (Å²) in [7, 11) is 0. The summed E-state index contributed by atoms with van der Waals surface area (Å²) in [6.45, 7) is 3.07. The molecule has 34 heavy (non-hydrogen) atoms. The van der Waals surface area contributed by atoms with Crippen molar-refractivity contribution in [2.24, 2.45) is 0 Å². The van der Waals surface area contributed by atoms with Gasteiger partial charge in [-0.3, -0.25) is 14.9 Å². The van der Waals surface area contributed by atoms with Gasteiger partial charge in [0.15, 0.2) is 0 Å². The third-order valence-corrected chi connectivity index (χ3v) is 7.37. The molecule has 1 saturated carbocycles. The number of carbonyl (C=O) groups is 2. The highest BCUT2D eigenvalue weighted by molar-refractivity contribution is 8.18. The lowest BCUT2D eigenvalue weighted by molar-refractivity contribution is -0.115. The maximum Gasteiger partial charge on any atom is 0.290 e. The highest BCUT2D eigenvalue weighted by Crippen LogP contribution is 2.31. The minimum absolute atomic E-state index is 0.0984. The summed E-state index contributed by atoms with van der Waals surface area (Å²) >= 11 is 0.887. The number of benzene rings is 2. The first-order valence-corrected chi connectivity index (χ1v) is 12.4. The van der Waals surface area contributed by atoms with Crippen LogP contribution in [0, 0.1) is 0 Å². The normalized spacial score (nSPS) is 23.9. The fraction of sp³-hybridized carbons (Fsp3) is 0.308. The van der Waals surface area contributed by atoms with Crippen molar-refractivity contribution < 1.29 is 9.59 Å². The van der Waals surface area contributed by atoms with Gasteiger partial charge >= 0.3 is 0 Å². The predicted octanol–water partition coefficient (Wildman–Crippen LogP) is 4.86. The van der Waals surface area contributed by atoms with Gasteiger partial charge in [0.05, 0.1) is 10.6 Å². The number of aromatic nitrogens is 2. The highest BCUT2D eigenvalue weighted by Gasteiger charge is 2.31. The number of anilines is 1. The van der Waals surface area contributed by atoms with Gasteiger partial charge in [0, 0.05) is 24.3 Å². The number of nitrogens with zero attached hydrogens (tertiary/aromatic N) is 2. The van der Waals surface area contributed by atoms with Crippen molar-refractivity contribution in [1.82, 2.24) is 20.6 Å². The van der Waals surface area contributed by atoms with Gasteiger partial charge in [-0.25, -0.2) is 9.97 Å². The molecule has 2 heterocycles. The van der Waals surface area contributed by atoms with Crippen LogP contribution in [-0.2, 0) is 11.3 Å². The Kier molecular flexibility index (Phi) is 6.34. The Morgan fingerprint density at radius 3 is 2.71 bits per heavy atom. The van der Waals surface area contributed by atoms with Gasteiger partial charge in [-0.05, 0) is 72.8 Å². The molecule has 3 N–H and O–H groups in total. The summed E-state index contributed by atoms with van der Waals surface area (Å²) in [4.78, 5) is 32.4. The van der Waals surface area contributed by atoms with Crippen molar-refractivity contribution in [3.63, 3.8) is 0 Å². The molecule has 8 heteroatoms. The lowest BCUT2D eigenvalue weighted by Gasteiger charge is -2.38. The number of hydrogen-bond donors (Lipinski definition) is 3. The van der Waals surface area contributed by atoms with Crippen LogP contribution in [0.3, 0.4) is 0 Å². The highest BCUT2D eigenvalue weighted by atomic mass is 32.2. The average molecular weight is 474 g/mol. The Balaban J connectivity index is 1.18. The smallest absolute Gasteiger partial charge is 0.290 e. The van der Waals surface area contributed by atoms with Gasteiger partial charge in [-0.15, -0.1) is 0 Å². The summed E-state index contributed by atoms with van der Waals surface area (Å²) in [5, 5.41) is 11.7. The molecule has 2 aromatic carbocycles. The summed E-state index contributed by atoms with van der Waals surface area (Å²) in [5.74, 6) is 0.151. The SMILES string of the molecule is CC1(Nc2nccc(/C=C3\SC(=O)NC3=O)n2)CCC(NCc2cccc3ccccc23)CC1. The molecule has 0 spiro atoms. The molecule has 7 nitrogen and oxygen atoms in total. The van der Waals surface area contributed by atoms with Gasteiger partial charge in [0.1, 0.15) is 0 Å². The van der Waals surface area contributed by atoms with E-state index in [1.807, 2.05) is 0 Å². The van der Waals surface area contributed by atoms with Crippen LogP contribution in [0.5, 0.6) is 0 Å². The fourth-order valence-corrected chi connectivity index (χ4v) is 5.29. The Labute approximate surface area is 202 Å². The summed E-state index contributed by atoms with van der Waals surface area (Å²) in [6.07, 6.45) is 7.42. The third kappa shape index (κ3) is 5.13. The van der Waals surface area contributed by atoms with Gasteiger partial charge in [-0.1, -0.05) is 42.5 Å². The number of rotatable bonds is 6. The molecular formula is C26H27N5O2S. The van der Waals surface area contributed by atoms with E-state index >= 15 is 0 Å². The largest absolute Gasteiger partial charge is 0.349 e. The minimum Gasteiger partial charge on any atom is -0.349 e. The molecule has 3 aromatic rings. The number of imide groups is 1. The predicted molar refractivity (Wildman–Crippen MR) is 136 cm³/mol. The van der Waals surface area contributed by atoms with Gasteiger partial charge in [-0.2, -0.15) is 0 Å². The van der Waals surface area contributed by atoms with E-state index in [-0.39, 0.29) is 16.7 Å². The second-order valence-corrected chi connectivity index (χ2v) is 10.2. The third-order valence-electron chi connectivity index (χ3n) is 6.56. The van der Waals surface area contributed by atoms with Crippen molar-refractivity contribution in [1.29, 1.82) is 0 Å². The van der Waals surface area contributed by atoms with Crippen LogP contribution in [0.1, 0.15) is 43.9 Å². The van der Waals surface area contributed by atoms with Gasteiger partial charge < -0.3 is 10.6 Å². The number of carbonyl (C=O) groups excluding carboxylic acids is 2. The van der Waals surface area contributed by atoms with Crippen LogP contribution >= 0.6 is 11.8 Å². The van der Waals surface area contributed by atoms with E-state index in [2.05, 4.69) is 75.3 Å². The molecule has 174 valence electrons. The zero-order valence-electron chi connectivity index (χ0n) is 19.0. The Morgan fingerprint density at radius 2 is 1.91 bits per heavy atom. The van der Waals surface area contributed by atoms with Gasteiger partial charge in [0.2, 0.25) is 5.95 Å². The van der Waals surface area contributed by atoms with Crippen molar-refractivity contribution in [3.05, 3.63) is 70.9 Å². The maximum atomic E-state index is 11.8. The monoisotopic (exact) mass is 473 g/mol. The zero-order valence-corrected chi connectivity index (χ0v) is 19.8. The molecule has 0 atom stereocenters. The maximum absolute atomic E-state index is 11.8. The molecule has 1 aliphatic heterocycles. The molecule has 1 aromatic heterocycles. The van der Waals surface area contributed by atoms with Crippen molar-refractivity contribution in [2.45, 2.75) is 50.7 Å². The van der Waals surface area contributed by atoms with Crippen LogP contribution in [0.4, 0.5) is 10.7 Å². The molecule has 2 aliphatic rings. The Hall–Kier alpha value is -3.23. The van der Waals surface area contributed by atoms with Crippen LogP contribution in [-0.4, -0.2) is 32.7 Å². The number of thioether (sulfide) groups is 1. The number of amides is 2. The van der Waals surface area contributed by atoms with Crippen LogP contribution in [0.2, 0.25) is 0 Å². The second-order valence-electron chi connectivity index (χ2n) is 9.14. The van der Waals surface area contributed by atoms with E-state index < -0.39 is 0 Å². The molecule has 1 aliphatic carbocycles. The molecule has 1 saturated heterocycles. The lowest BCUT2D eigenvalue weighted by atomic mass is 9.81. The van der Waals surface area contributed by atoms with E-state index in [0.717, 1.165) is 44.0 Å². The Bertz CT molecular complexity index is 1260. The topological polar surface area (TPSA) is 96.0 Å². The second kappa shape index (κ2) is 9.56. The van der Waals surface area contributed by atoms with Crippen LogP contribution < -0.4 is 16.0 Å². The quantitative estimate of drug-likeness (QED) is 0.440. The Morgan fingerprint density at radius 1 is 1.12 bits per heavy atom. The zero-order chi connectivity index (χ0) is 23.5. The number of hydrogen-bond acceptors (Lipinski definition) is 7. The summed E-state index contributed by atoms with van der Waals surface area (Å²) in [5.41, 5.74) is 1.83. The molecule has 0 radical (unpaired) electrons. The van der Waals surface area contributed by atoms with Crippen molar-refractivity contribution >= 4 is 45.7 Å². The molecular weight excluding hydrogens is 446 g/mol. The number of fused-ring (bicyclic) bond motifs is 1. The first-order valence-electron chi connectivity index (χ1n) is 11.5. The fourth-order valence-electron chi connectivity index (χ4n) is 4.62. The molecule has 5 rings (SSSR count). The molecule has 0 bridgehead atoms. The lowest BCUT2D eigenvalue weighted by Crippen LogP contribution is -2.44. The first kappa shape index (κ1) is 22.6. The average Bonchev–Trinajstić information content (AvgIpc) is 3.15. The number of nitrogens with one attached hydrogen (secondary N) is 3.